The summed E-state index contributed by atoms with van der Waals surface area (Å²) in [5.74, 6) is 0.995. The van der Waals surface area contributed by atoms with E-state index in [-0.39, 0.29) is 5.69 Å². The average molecular weight is 340 g/mol. The van der Waals surface area contributed by atoms with Crippen molar-refractivity contribution in [2.75, 3.05) is 18.5 Å². The quantitative estimate of drug-likeness (QED) is 0.672. The highest BCUT2D eigenvalue weighted by atomic mass is 19.4. The van der Waals surface area contributed by atoms with E-state index in [4.69, 9.17) is 9.47 Å². The zero-order valence-electron chi connectivity index (χ0n) is 12.1. The number of ether oxygens (including phenoxy) is 2. The first kappa shape index (κ1) is 15.9. The Balaban J connectivity index is 1.93. The lowest BCUT2D eigenvalue weighted by Crippen LogP contribution is -2.15. The lowest BCUT2D eigenvalue weighted by Gasteiger charge is -2.19. The molecule has 0 unspecified atom stereocenters. The van der Waals surface area contributed by atoms with Gasteiger partial charge >= 0.3 is 6.18 Å². The number of alkyl halides is 3. The number of anilines is 2. The standard InChI is InChI=1S/C15H11F3N2O4/c16-15(17,18)9-1-3-11(12(7-9)20(21)22)19-10-2-4-13-14(8-10)24-6-5-23-13/h1-4,7-8,19H,5-6H2. The zero-order valence-corrected chi connectivity index (χ0v) is 12.1. The number of benzene rings is 2. The fourth-order valence-corrected chi connectivity index (χ4v) is 2.24. The maximum absolute atomic E-state index is 12.7. The number of nitrogens with zero attached hydrogens (tertiary/aromatic N) is 1. The number of nitro benzene ring substituents is 1. The van der Waals surface area contributed by atoms with Crippen LogP contribution in [0.25, 0.3) is 0 Å². The van der Waals surface area contributed by atoms with Crippen LogP contribution in [0.3, 0.4) is 0 Å². The molecule has 24 heavy (non-hydrogen) atoms. The van der Waals surface area contributed by atoms with E-state index in [1.807, 2.05) is 0 Å². The molecule has 1 heterocycles. The van der Waals surface area contributed by atoms with Crippen molar-refractivity contribution in [2.45, 2.75) is 6.18 Å². The summed E-state index contributed by atoms with van der Waals surface area (Å²) in [6, 6.07) is 7.09. The highest BCUT2D eigenvalue weighted by Crippen LogP contribution is 2.38. The summed E-state index contributed by atoms with van der Waals surface area (Å²) in [5.41, 5.74) is -1.37. The van der Waals surface area contributed by atoms with Crippen LogP contribution in [0.5, 0.6) is 11.5 Å². The molecule has 1 N–H and O–H groups in total. The fourth-order valence-electron chi connectivity index (χ4n) is 2.24. The van der Waals surface area contributed by atoms with Gasteiger partial charge in [-0.1, -0.05) is 0 Å². The van der Waals surface area contributed by atoms with Crippen LogP contribution < -0.4 is 14.8 Å². The molecule has 0 saturated heterocycles. The highest BCUT2D eigenvalue weighted by molar-refractivity contribution is 5.71. The molecule has 0 atom stereocenters. The number of hydrogen-bond donors (Lipinski definition) is 1. The molecule has 2 aromatic rings. The first-order valence-corrected chi connectivity index (χ1v) is 6.87. The van der Waals surface area contributed by atoms with Crippen LogP contribution in [0.4, 0.5) is 30.2 Å². The second-order valence-electron chi connectivity index (χ2n) is 4.97. The lowest BCUT2D eigenvalue weighted by atomic mass is 10.1. The third kappa shape index (κ3) is 3.19. The van der Waals surface area contributed by atoms with Gasteiger partial charge in [-0.15, -0.1) is 0 Å². The molecule has 0 radical (unpaired) electrons. The Kier molecular flexibility index (Phi) is 3.92. The van der Waals surface area contributed by atoms with Crippen LogP contribution >= 0.6 is 0 Å². The summed E-state index contributed by atoms with van der Waals surface area (Å²) in [4.78, 5) is 10.2. The minimum atomic E-state index is -4.65. The van der Waals surface area contributed by atoms with Gasteiger partial charge < -0.3 is 14.8 Å². The molecule has 0 spiro atoms. The van der Waals surface area contributed by atoms with Crippen molar-refractivity contribution in [1.82, 2.24) is 0 Å². The van der Waals surface area contributed by atoms with Gasteiger partial charge in [0.2, 0.25) is 0 Å². The van der Waals surface area contributed by atoms with Crippen LogP contribution in [0.1, 0.15) is 5.56 Å². The monoisotopic (exact) mass is 340 g/mol. The van der Waals surface area contributed by atoms with E-state index in [2.05, 4.69) is 5.32 Å². The Labute approximate surface area is 134 Å². The van der Waals surface area contributed by atoms with E-state index in [1.54, 1.807) is 18.2 Å². The van der Waals surface area contributed by atoms with Gasteiger partial charge in [0.1, 0.15) is 18.9 Å². The van der Waals surface area contributed by atoms with Crippen molar-refractivity contribution in [3.8, 4) is 11.5 Å². The highest BCUT2D eigenvalue weighted by Gasteiger charge is 2.33. The molecule has 6 nitrogen and oxygen atoms in total. The summed E-state index contributed by atoms with van der Waals surface area (Å²) in [7, 11) is 0. The molecule has 2 aromatic carbocycles. The number of hydrogen-bond acceptors (Lipinski definition) is 5. The second kappa shape index (κ2) is 5.91. The van der Waals surface area contributed by atoms with E-state index in [9.17, 15) is 23.3 Å². The predicted octanol–water partition coefficient (Wildman–Crippen LogP) is 4.13. The topological polar surface area (TPSA) is 73.6 Å². The molecule has 0 aromatic heterocycles. The molecule has 3 rings (SSSR count). The maximum atomic E-state index is 12.7. The zero-order chi connectivity index (χ0) is 17.3. The minimum Gasteiger partial charge on any atom is -0.486 e. The molecule has 0 saturated carbocycles. The Bertz CT molecular complexity index is 793. The average Bonchev–Trinajstić information content (AvgIpc) is 2.54. The lowest BCUT2D eigenvalue weighted by molar-refractivity contribution is -0.384. The van der Waals surface area contributed by atoms with Crippen LogP contribution in [0.2, 0.25) is 0 Å². The SMILES string of the molecule is O=[N+]([O-])c1cc(C(F)(F)F)ccc1Nc1ccc2c(c1)OCCO2. The van der Waals surface area contributed by atoms with Gasteiger partial charge in [0, 0.05) is 17.8 Å². The number of fused-ring (bicyclic) bond motifs is 1. The van der Waals surface area contributed by atoms with Crippen molar-refractivity contribution in [1.29, 1.82) is 0 Å². The third-order valence-electron chi connectivity index (χ3n) is 3.34. The van der Waals surface area contributed by atoms with E-state index in [0.29, 0.717) is 36.5 Å². The third-order valence-corrected chi connectivity index (χ3v) is 3.34. The number of nitrogens with one attached hydrogen (secondary N) is 1. The van der Waals surface area contributed by atoms with E-state index in [1.165, 1.54) is 0 Å². The van der Waals surface area contributed by atoms with Gasteiger partial charge in [-0.05, 0) is 24.3 Å². The van der Waals surface area contributed by atoms with Crippen molar-refractivity contribution >= 4 is 17.1 Å². The fraction of sp³-hybridized carbons (Fsp3) is 0.200. The van der Waals surface area contributed by atoms with Gasteiger partial charge in [-0.2, -0.15) is 13.2 Å². The van der Waals surface area contributed by atoms with Crippen LogP contribution in [-0.2, 0) is 6.18 Å². The second-order valence-corrected chi connectivity index (χ2v) is 4.97. The molecule has 0 bridgehead atoms. The Morgan fingerprint density at radius 3 is 2.42 bits per heavy atom. The molecule has 9 heteroatoms. The number of rotatable bonds is 3. The Morgan fingerprint density at radius 2 is 1.75 bits per heavy atom. The summed E-state index contributed by atoms with van der Waals surface area (Å²) < 4.78 is 48.9. The van der Waals surface area contributed by atoms with Crippen LogP contribution in [0, 0.1) is 10.1 Å². The van der Waals surface area contributed by atoms with E-state index < -0.39 is 22.4 Å². The van der Waals surface area contributed by atoms with Crippen molar-refractivity contribution in [3.63, 3.8) is 0 Å². The smallest absolute Gasteiger partial charge is 0.416 e. The summed E-state index contributed by atoms with van der Waals surface area (Å²) >= 11 is 0. The first-order chi connectivity index (χ1) is 11.3. The number of halogens is 3. The molecule has 0 aliphatic carbocycles. The van der Waals surface area contributed by atoms with Crippen molar-refractivity contribution in [3.05, 3.63) is 52.1 Å². The van der Waals surface area contributed by atoms with E-state index in [0.717, 1.165) is 12.1 Å². The van der Waals surface area contributed by atoms with Crippen molar-refractivity contribution in [2.24, 2.45) is 0 Å². The van der Waals surface area contributed by atoms with Crippen molar-refractivity contribution < 1.29 is 27.6 Å². The summed E-state index contributed by atoms with van der Waals surface area (Å²) in [5, 5.41) is 13.8. The van der Waals surface area contributed by atoms with E-state index >= 15 is 0 Å². The maximum Gasteiger partial charge on any atom is 0.416 e. The normalized spacial score (nSPS) is 13.5. The largest absolute Gasteiger partial charge is 0.486 e. The molecule has 1 aliphatic rings. The van der Waals surface area contributed by atoms with Crippen LogP contribution in [0.15, 0.2) is 36.4 Å². The Hall–Kier alpha value is -2.97. The summed E-state index contributed by atoms with van der Waals surface area (Å²) in [6.07, 6.45) is -4.65. The molecule has 0 amide bonds. The summed E-state index contributed by atoms with van der Waals surface area (Å²) in [6.45, 7) is 0.793. The minimum absolute atomic E-state index is 0.0512. The molecular formula is C15H11F3N2O4. The molecule has 0 fully saturated rings. The van der Waals surface area contributed by atoms with Gasteiger partial charge in [0.05, 0.1) is 10.5 Å². The molecule has 126 valence electrons. The van der Waals surface area contributed by atoms with Gasteiger partial charge in [-0.3, -0.25) is 10.1 Å². The Morgan fingerprint density at radius 1 is 1.04 bits per heavy atom. The number of nitro groups is 1. The predicted molar refractivity (Wildman–Crippen MR) is 78.8 cm³/mol. The van der Waals surface area contributed by atoms with Gasteiger partial charge in [0.15, 0.2) is 11.5 Å². The first-order valence-electron chi connectivity index (χ1n) is 6.87. The van der Waals surface area contributed by atoms with Gasteiger partial charge in [-0.25, -0.2) is 0 Å². The molecular weight excluding hydrogens is 329 g/mol. The molecule has 1 aliphatic heterocycles. The van der Waals surface area contributed by atoms with Crippen LogP contribution in [-0.4, -0.2) is 18.1 Å². The van der Waals surface area contributed by atoms with Gasteiger partial charge in [0.25, 0.3) is 5.69 Å².